The predicted molar refractivity (Wildman–Crippen MR) is 63.5 cm³/mol. The molecule has 0 fully saturated rings. The summed E-state index contributed by atoms with van der Waals surface area (Å²) in [6.45, 7) is 0. The van der Waals surface area contributed by atoms with Crippen LogP contribution in [0.5, 0.6) is 0 Å². The molecule has 0 atom stereocenters. The number of benzene rings is 1. The molecular weight excluding hydrogens is 332 g/mol. The van der Waals surface area contributed by atoms with E-state index in [0.29, 0.717) is 10.5 Å². The summed E-state index contributed by atoms with van der Waals surface area (Å²) in [5, 5.41) is 6.00. The third kappa shape index (κ3) is 2.51. The van der Waals surface area contributed by atoms with Gasteiger partial charge in [-0.2, -0.15) is 5.10 Å². The Morgan fingerprint density at radius 2 is 2.00 bits per heavy atom. The van der Waals surface area contributed by atoms with Crippen molar-refractivity contribution >= 4 is 31.8 Å². The molecule has 0 spiro atoms. The highest BCUT2D eigenvalue weighted by atomic mass is 79.9. The zero-order valence-electron chi connectivity index (χ0n) is 8.62. The molecule has 0 bridgehead atoms. The monoisotopic (exact) mass is 337 g/mol. The van der Waals surface area contributed by atoms with E-state index in [-0.39, 0.29) is 10.7 Å². The Balaban J connectivity index is 2.37. The number of rotatable bonds is 3. The molecule has 0 radical (unpaired) electrons. The lowest BCUT2D eigenvalue weighted by Gasteiger charge is -2.06. The summed E-state index contributed by atoms with van der Waals surface area (Å²) in [5.74, 6) is -2.25. The lowest BCUT2D eigenvalue weighted by Crippen LogP contribution is -2.14. The van der Waals surface area contributed by atoms with Crippen molar-refractivity contribution in [2.75, 3.05) is 4.72 Å². The minimum absolute atomic E-state index is 0.0970. The molecule has 1 aromatic carbocycles. The summed E-state index contributed by atoms with van der Waals surface area (Å²) in [6, 6.07) is 2.30. The Hall–Kier alpha value is -1.48. The van der Waals surface area contributed by atoms with Crippen LogP contribution >= 0.6 is 15.9 Å². The first-order valence-corrected chi connectivity index (χ1v) is 6.84. The van der Waals surface area contributed by atoms with E-state index in [2.05, 4.69) is 30.8 Å². The van der Waals surface area contributed by atoms with Crippen LogP contribution < -0.4 is 4.72 Å². The molecule has 1 heterocycles. The Morgan fingerprint density at radius 1 is 1.28 bits per heavy atom. The largest absolute Gasteiger partial charge is 0.263 e. The van der Waals surface area contributed by atoms with Crippen LogP contribution in [0.25, 0.3) is 0 Å². The van der Waals surface area contributed by atoms with Gasteiger partial charge in [0.1, 0.15) is 5.82 Å². The second-order valence-corrected chi connectivity index (χ2v) is 5.81. The van der Waals surface area contributed by atoms with Gasteiger partial charge in [-0.3, -0.25) is 9.82 Å². The van der Waals surface area contributed by atoms with Crippen LogP contribution in [-0.2, 0) is 10.0 Å². The Bertz CT molecular complexity index is 687. The minimum Gasteiger partial charge on any atom is -0.263 e. The van der Waals surface area contributed by atoms with Crippen molar-refractivity contribution in [1.29, 1.82) is 0 Å². The first kappa shape index (κ1) is 13.0. The lowest BCUT2D eigenvalue weighted by atomic mass is 10.3. The molecule has 0 saturated heterocycles. The number of hydrogen-bond donors (Lipinski definition) is 2. The van der Waals surface area contributed by atoms with Crippen LogP contribution in [0.4, 0.5) is 14.6 Å². The van der Waals surface area contributed by atoms with Crippen LogP contribution in [0.1, 0.15) is 0 Å². The fourth-order valence-corrected chi connectivity index (χ4v) is 2.65. The van der Waals surface area contributed by atoms with Crippen LogP contribution in [-0.4, -0.2) is 18.6 Å². The second kappa shape index (κ2) is 4.65. The second-order valence-electron chi connectivity index (χ2n) is 3.27. The molecule has 2 rings (SSSR count). The molecule has 18 heavy (non-hydrogen) atoms. The van der Waals surface area contributed by atoms with Crippen LogP contribution in [0.15, 0.2) is 33.8 Å². The van der Waals surface area contributed by atoms with Crippen LogP contribution in [0.3, 0.4) is 0 Å². The smallest absolute Gasteiger partial charge is 0.263 e. The summed E-state index contributed by atoms with van der Waals surface area (Å²) in [6.07, 6.45) is 1.35. The van der Waals surface area contributed by atoms with Gasteiger partial charge in [0.15, 0.2) is 11.6 Å². The zero-order valence-corrected chi connectivity index (χ0v) is 11.0. The van der Waals surface area contributed by atoms with E-state index >= 15 is 0 Å². The van der Waals surface area contributed by atoms with Crippen molar-refractivity contribution in [3.05, 3.63) is 40.5 Å². The Morgan fingerprint density at radius 3 is 2.56 bits per heavy atom. The SMILES string of the molecule is O=S(=O)(Nc1[nH]ncc1Br)c1ccc(F)c(F)c1. The fourth-order valence-electron chi connectivity index (χ4n) is 1.18. The molecule has 5 nitrogen and oxygen atoms in total. The molecule has 0 aliphatic carbocycles. The van der Waals surface area contributed by atoms with Gasteiger partial charge in [0, 0.05) is 0 Å². The summed E-state index contributed by atoms with van der Waals surface area (Å²) in [7, 11) is -4.00. The minimum atomic E-state index is -4.00. The van der Waals surface area contributed by atoms with Gasteiger partial charge in [0.25, 0.3) is 10.0 Å². The van der Waals surface area contributed by atoms with Gasteiger partial charge in [0.05, 0.1) is 15.6 Å². The van der Waals surface area contributed by atoms with Crippen LogP contribution in [0.2, 0.25) is 0 Å². The predicted octanol–water partition coefficient (Wildman–Crippen LogP) is 2.25. The maximum Gasteiger partial charge on any atom is 0.263 e. The van der Waals surface area contributed by atoms with Gasteiger partial charge in [-0.05, 0) is 34.1 Å². The number of H-pyrrole nitrogens is 1. The maximum atomic E-state index is 13.0. The molecule has 9 heteroatoms. The van der Waals surface area contributed by atoms with Gasteiger partial charge in [-0.1, -0.05) is 0 Å². The normalized spacial score (nSPS) is 11.5. The van der Waals surface area contributed by atoms with E-state index in [0.717, 1.165) is 12.1 Å². The Labute approximate surface area is 109 Å². The highest BCUT2D eigenvalue weighted by molar-refractivity contribution is 9.10. The maximum absolute atomic E-state index is 13.0. The van der Waals surface area contributed by atoms with E-state index < -0.39 is 21.7 Å². The van der Waals surface area contributed by atoms with Crippen molar-refractivity contribution < 1.29 is 17.2 Å². The summed E-state index contributed by atoms with van der Waals surface area (Å²) in [5.41, 5.74) is 0. The van der Waals surface area contributed by atoms with Gasteiger partial charge >= 0.3 is 0 Å². The van der Waals surface area contributed by atoms with Crippen molar-refractivity contribution in [3.8, 4) is 0 Å². The van der Waals surface area contributed by atoms with E-state index in [1.165, 1.54) is 6.20 Å². The van der Waals surface area contributed by atoms with Gasteiger partial charge in [-0.15, -0.1) is 0 Å². The van der Waals surface area contributed by atoms with Gasteiger partial charge in [-0.25, -0.2) is 17.2 Å². The molecule has 2 N–H and O–H groups in total. The number of halogens is 3. The van der Waals surface area contributed by atoms with Crippen molar-refractivity contribution in [3.63, 3.8) is 0 Å². The number of nitrogens with one attached hydrogen (secondary N) is 2. The molecule has 0 unspecified atom stereocenters. The number of hydrogen-bond acceptors (Lipinski definition) is 3. The number of aromatic nitrogens is 2. The highest BCUT2D eigenvalue weighted by Gasteiger charge is 2.18. The van der Waals surface area contributed by atoms with E-state index in [4.69, 9.17) is 0 Å². The van der Waals surface area contributed by atoms with E-state index in [9.17, 15) is 17.2 Å². The van der Waals surface area contributed by atoms with Crippen molar-refractivity contribution in [2.24, 2.45) is 0 Å². The third-order valence-electron chi connectivity index (χ3n) is 2.03. The van der Waals surface area contributed by atoms with E-state index in [1.54, 1.807) is 0 Å². The lowest BCUT2D eigenvalue weighted by molar-refractivity contribution is 0.504. The van der Waals surface area contributed by atoms with Crippen LogP contribution in [0, 0.1) is 11.6 Å². The van der Waals surface area contributed by atoms with Crippen molar-refractivity contribution in [1.82, 2.24) is 10.2 Å². The molecule has 1 aromatic heterocycles. The summed E-state index contributed by atoms with van der Waals surface area (Å²) < 4.78 is 51.9. The molecular formula is C9H6BrF2N3O2S. The van der Waals surface area contributed by atoms with Gasteiger partial charge in [0.2, 0.25) is 0 Å². The molecule has 0 saturated carbocycles. The average Bonchev–Trinajstić information content (AvgIpc) is 2.67. The van der Waals surface area contributed by atoms with Gasteiger partial charge < -0.3 is 0 Å². The standard InChI is InChI=1S/C9H6BrF2N3O2S/c10-6-4-13-14-9(6)15-18(16,17)5-1-2-7(11)8(12)3-5/h1-4H,(H2,13,14,15). The zero-order chi connectivity index (χ0) is 13.3. The summed E-state index contributed by atoms with van der Waals surface area (Å²) in [4.78, 5) is -0.386. The first-order chi connectivity index (χ1) is 8.40. The number of aromatic amines is 1. The Kier molecular flexibility index (Phi) is 3.35. The molecule has 2 aromatic rings. The molecule has 96 valence electrons. The number of nitrogens with zero attached hydrogens (tertiary/aromatic N) is 1. The molecule has 0 amide bonds. The topological polar surface area (TPSA) is 74.8 Å². The highest BCUT2D eigenvalue weighted by Crippen LogP contribution is 2.22. The number of sulfonamides is 1. The average molecular weight is 338 g/mol. The summed E-state index contributed by atoms with van der Waals surface area (Å²) >= 11 is 3.06. The fraction of sp³-hybridized carbons (Fsp3) is 0. The third-order valence-corrected chi connectivity index (χ3v) is 3.98. The number of anilines is 1. The quantitative estimate of drug-likeness (QED) is 0.901. The van der Waals surface area contributed by atoms with Crippen molar-refractivity contribution in [2.45, 2.75) is 4.90 Å². The molecule has 0 aliphatic rings. The molecule has 0 aliphatic heterocycles. The van der Waals surface area contributed by atoms with E-state index in [1.807, 2.05) is 0 Å². The first-order valence-electron chi connectivity index (χ1n) is 4.57.